The molecule has 1 unspecified atom stereocenters. The van der Waals surface area contributed by atoms with Crippen LogP contribution in [0.2, 0.25) is 0 Å². The van der Waals surface area contributed by atoms with Crippen LogP contribution in [-0.2, 0) is 11.3 Å². The molecule has 1 aliphatic carbocycles. The minimum absolute atomic E-state index is 0.0224. The molecule has 0 spiro atoms. The number of hydrogen-bond acceptors (Lipinski definition) is 2. The number of nitrogens with one attached hydrogen (secondary N) is 2. The van der Waals surface area contributed by atoms with Crippen LogP contribution in [0.15, 0.2) is 28.7 Å². The normalized spacial score (nSPS) is 17.1. The maximum atomic E-state index is 11.9. The summed E-state index contributed by atoms with van der Waals surface area (Å²) in [6.45, 7) is 1.90. The Balaban J connectivity index is 1.92. The van der Waals surface area contributed by atoms with E-state index in [0.717, 1.165) is 22.9 Å². The molecule has 1 aromatic carbocycles. The van der Waals surface area contributed by atoms with E-state index in [4.69, 9.17) is 0 Å². The highest BCUT2D eigenvalue weighted by Gasteiger charge is 2.48. The first-order chi connectivity index (χ1) is 9.43. The fraction of sp³-hybridized carbons (Fsp3) is 0.429. The van der Waals surface area contributed by atoms with Gasteiger partial charge in [-0.2, -0.15) is 0 Å². The Labute approximate surface area is 125 Å². The van der Waals surface area contributed by atoms with Gasteiger partial charge >= 0.3 is 12.0 Å². The van der Waals surface area contributed by atoms with Crippen molar-refractivity contribution in [3.63, 3.8) is 0 Å². The number of carbonyl (C=O) groups excluding carboxylic acids is 1. The molecule has 2 rings (SSSR count). The summed E-state index contributed by atoms with van der Waals surface area (Å²) in [5, 5.41) is 14.5. The summed E-state index contributed by atoms with van der Waals surface area (Å²) in [6, 6.07) is 7.09. The summed E-state index contributed by atoms with van der Waals surface area (Å²) in [5.74, 6) is -0.967. The highest BCUT2D eigenvalue weighted by Crippen LogP contribution is 2.39. The number of benzene rings is 1. The maximum Gasteiger partial charge on any atom is 0.329 e. The zero-order valence-corrected chi connectivity index (χ0v) is 12.7. The molecule has 1 aromatic rings. The number of carboxylic acids is 1. The summed E-state index contributed by atoms with van der Waals surface area (Å²) in [4.78, 5) is 23.2. The molecule has 1 fully saturated rings. The van der Waals surface area contributed by atoms with Gasteiger partial charge in [-0.3, -0.25) is 0 Å². The lowest BCUT2D eigenvalue weighted by Gasteiger charge is -2.26. The summed E-state index contributed by atoms with van der Waals surface area (Å²) < 4.78 is 0.906. The third-order valence-corrected chi connectivity index (χ3v) is 4.38. The SMILES string of the molecule is CC(NC(=O)NCc1ccccc1Br)(C(=O)O)C1CC1. The van der Waals surface area contributed by atoms with Crippen LogP contribution < -0.4 is 10.6 Å². The third kappa shape index (κ3) is 3.30. The highest BCUT2D eigenvalue weighted by atomic mass is 79.9. The number of rotatable bonds is 5. The van der Waals surface area contributed by atoms with Gasteiger partial charge in [0.05, 0.1) is 0 Å². The van der Waals surface area contributed by atoms with Gasteiger partial charge in [0.25, 0.3) is 0 Å². The second-order valence-corrected chi connectivity index (χ2v) is 6.04. The van der Waals surface area contributed by atoms with Crippen LogP contribution in [0, 0.1) is 5.92 Å². The van der Waals surface area contributed by atoms with Gasteiger partial charge in [0, 0.05) is 11.0 Å². The minimum atomic E-state index is -1.18. The monoisotopic (exact) mass is 340 g/mol. The Kier molecular flexibility index (Phi) is 4.32. The van der Waals surface area contributed by atoms with Crippen LogP contribution in [0.3, 0.4) is 0 Å². The van der Waals surface area contributed by atoms with Crippen molar-refractivity contribution in [3.05, 3.63) is 34.3 Å². The highest BCUT2D eigenvalue weighted by molar-refractivity contribution is 9.10. The fourth-order valence-corrected chi connectivity index (χ4v) is 2.51. The molecular weight excluding hydrogens is 324 g/mol. The van der Waals surface area contributed by atoms with Crippen molar-refractivity contribution in [3.8, 4) is 0 Å². The molecule has 3 N–H and O–H groups in total. The predicted octanol–water partition coefficient (Wildman–Crippen LogP) is 2.50. The average molecular weight is 341 g/mol. The lowest BCUT2D eigenvalue weighted by Crippen LogP contribution is -2.56. The van der Waals surface area contributed by atoms with Crippen molar-refractivity contribution in [2.75, 3.05) is 0 Å². The van der Waals surface area contributed by atoms with E-state index < -0.39 is 17.5 Å². The molecule has 20 heavy (non-hydrogen) atoms. The molecule has 0 bridgehead atoms. The summed E-state index contributed by atoms with van der Waals surface area (Å²) in [5.41, 5.74) is -0.246. The molecule has 6 heteroatoms. The lowest BCUT2D eigenvalue weighted by molar-refractivity contribution is -0.144. The minimum Gasteiger partial charge on any atom is -0.480 e. The van der Waals surface area contributed by atoms with Crippen molar-refractivity contribution in [1.82, 2.24) is 10.6 Å². The zero-order chi connectivity index (χ0) is 14.8. The Hall–Kier alpha value is -1.56. The molecule has 1 atom stereocenters. The number of carboxylic acid groups (broad SMARTS) is 1. The standard InChI is InChI=1S/C14H17BrN2O3/c1-14(12(18)19,10-6-7-10)17-13(20)16-8-9-4-2-3-5-11(9)15/h2-5,10H,6-8H2,1H3,(H,18,19)(H2,16,17,20). The topological polar surface area (TPSA) is 78.4 Å². The number of halogens is 1. The Morgan fingerprint density at radius 3 is 2.60 bits per heavy atom. The smallest absolute Gasteiger partial charge is 0.329 e. The van der Waals surface area contributed by atoms with E-state index in [1.807, 2.05) is 24.3 Å². The Bertz CT molecular complexity index is 531. The quantitative estimate of drug-likeness (QED) is 0.770. The van der Waals surface area contributed by atoms with Crippen LogP contribution in [0.5, 0.6) is 0 Å². The van der Waals surface area contributed by atoms with Crippen molar-refractivity contribution in [2.45, 2.75) is 31.8 Å². The second kappa shape index (κ2) is 5.83. The lowest BCUT2D eigenvalue weighted by atomic mass is 9.96. The zero-order valence-electron chi connectivity index (χ0n) is 11.1. The average Bonchev–Trinajstić information content (AvgIpc) is 3.22. The van der Waals surface area contributed by atoms with Gasteiger partial charge in [-0.1, -0.05) is 34.1 Å². The summed E-state index contributed by atoms with van der Waals surface area (Å²) in [6.07, 6.45) is 1.68. The number of amides is 2. The summed E-state index contributed by atoms with van der Waals surface area (Å²) in [7, 11) is 0. The van der Waals surface area contributed by atoms with Crippen molar-refractivity contribution < 1.29 is 14.7 Å². The molecule has 0 saturated heterocycles. The van der Waals surface area contributed by atoms with Crippen LogP contribution in [0.1, 0.15) is 25.3 Å². The summed E-state index contributed by atoms with van der Waals surface area (Å²) >= 11 is 3.40. The molecule has 0 aliphatic heterocycles. The van der Waals surface area contributed by atoms with Gasteiger partial charge in [0.1, 0.15) is 5.54 Å². The van der Waals surface area contributed by atoms with Crippen molar-refractivity contribution >= 4 is 27.9 Å². The van der Waals surface area contributed by atoms with Gasteiger partial charge in [0.15, 0.2) is 0 Å². The first-order valence-electron chi connectivity index (χ1n) is 6.46. The first-order valence-corrected chi connectivity index (χ1v) is 7.25. The predicted molar refractivity (Wildman–Crippen MR) is 78.3 cm³/mol. The van der Waals surface area contributed by atoms with E-state index in [1.54, 1.807) is 6.92 Å². The molecule has 0 radical (unpaired) electrons. The van der Waals surface area contributed by atoms with Crippen molar-refractivity contribution in [1.29, 1.82) is 0 Å². The van der Waals surface area contributed by atoms with E-state index in [0.29, 0.717) is 6.54 Å². The molecule has 2 amide bonds. The van der Waals surface area contributed by atoms with Gasteiger partial charge in [0.2, 0.25) is 0 Å². The van der Waals surface area contributed by atoms with Crippen LogP contribution in [0.25, 0.3) is 0 Å². The fourth-order valence-electron chi connectivity index (χ4n) is 2.09. The maximum absolute atomic E-state index is 11.9. The number of urea groups is 1. The first kappa shape index (κ1) is 14.8. The van der Waals surface area contributed by atoms with Crippen LogP contribution in [-0.4, -0.2) is 22.6 Å². The van der Waals surface area contributed by atoms with E-state index in [9.17, 15) is 14.7 Å². The second-order valence-electron chi connectivity index (χ2n) is 5.18. The molecule has 0 heterocycles. The molecule has 108 valence electrons. The van der Waals surface area contributed by atoms with Gasteiger partial charge in [-0.25, -0.2) is 9.59 Å². The molecule has 0 aromatic heterocycles. The van der Waals surface area contributed by atoms with Gasteiger partial charge < -0.3 is 15.7 Å². The molecule has 5 nitrogen and oxygen atoms in total. The van der Waals surface area contributed by atoms with Crippen LogP contribution >= 0.6 is 15.9 Å². The molecule has 1 aliphatic rings. The van der Waals surface area contributed by atoms with Crippen molar-refractivity contribution in [2.24, 2.45) is 5.92 Å². The van der Waals surface area contributed by atoms with Gasteiger partial charge in [-0.15, -0.1) is 0 Å². The Morgan fingerprint density at radius 1 is 1.40 bits per heavy atom. The number of hydrogen-bond donors (Lipinski definition) is 3. The van der Waals surface area contributed by atoms with E-state index in [2.05, 4.69) is 26.6 Å². The molecule has 1 saturated carbocycles. The third-order valence-electron chi connectivity index (χ3n) is 3.61. The Morgan fingerprint density at radius 2 is 2.05 bits per heavy atom. The molecular formula is C14H17BrN2O3. The van der Waals surface area contributed by atoms with E-state index in [-0.39, 0.29) is 5.92 Å². The number of aliphatic carboxylic acids is 1. The van der Waals surface area contributed by atoms with E-state index >= 15 is 0 Å². The van der Waals surface area contributed by atoms with E-state index in [1.165, 1.54) is 0 Å². The largest absolute Gasteiger partial charge is 0.480 e. The van der Waals surface area contributed by atoms with Crippen LogP contribution in [0.4, 0.5) is 4.79 Å². The van der Waals surface area contributed by atoms with Gasteiger partial charge in [-0.05, 0) is 37.3 Å². The number of carbonyl (C=O) groups is 2.